The largest absolute Gasteiger partial charge is 0.392 e. The zero-order valence-electron chi connectivity index (χ0n) is 11.8. The topological polar surface area (TPSA) is 80.4 Å². The highest BCUT2D eigenvalue weighted by molar-refractivity contribution is 5.04. The third kappa shape index (κ3) is 2.80. The number of β-amino-alcohol motifs (C(OH)–C–C–N with tert-alkyl or cyclic N) is 1. The quantitative estimate of drug-likeness (QED) is 0.815. The van der Waals surface area contributed by atoms with Crippen LogP contribution >= 0.6 is 0 Å². The van der Waals surface area contributed by atoms with Crippen LogP contribution in [0.3, 0.4) is 0 Å². The number of hydrogen-bond donors (Lipinski definition) is 2. The average molecular weight is 269 g/mol. The summed E-state index contributed by atoms with van der Waals surface area (Å²) in [7, 11) is 0. The van der Waals surface area contributed by atoms with E-state index >= 15 is 0 Å². The van der Waals surface area contributed by atoms with Crippen molar-refractivity contribution in [1.29, 1.82) is 0 Å². The van der Waals surface area contributed by atoms with Crippen LogP contribution in [0.4, 0.5) is 0 Å². The molecule has 0 aliphatic carbocycles. The van der Waals surface area contributed by atoms with E-state index in [1.165, 1.54) is 0 Å². The third-order valence-corrected chi connectivity index (χ3v) is 3.82. The first-order chi connectivity index (χ1) is 9.15. The number of hydrogen-bond acceptors (Lipinski definition) is 6. The summed E-state index contributed by atoms with van der Waals surface area (Å²) >= 11 is 0. The first-order valence-corrected chi connectivity index (χ1v) is 7.04. The summed E-state index contributed by atoms with van der Waals surface area (Å²) in [6.07, 6.45) is 1.88. The smallest absolute Gasteiger partial charge is 0.243 e. The van der Waals surface area contributed by atoms with Crippen LogP contribution in [0.25, 0.3) is 0 Å². The van der Waals surface area contributed by atoms with E-state index in [9.17, 15) is 5.11 Å². The minimum atomic E-state index is -0.465. The minimum absolute atomic E-state index is 0.0516. The minimum Gasteiger partial charge on any atom is -0.392 e. The predicted octanol–water partition coefficient (Wildman–Crippen LogP) is 1.52. The Labute approximate surface area is 113 Å². The van der Waals surface area contributed by atoms with Crippen LogP contribution in [0.5, 0.6) is 0 Å². The van der Waals surface area contributed by atoms with Crippen molar-refractivity contribution in [2.24, 2.45) is 0 Å². The number of ether oxygens (including phenoxy) is 1. The molecule has 1 aliphatic heterocycles. The fourth-order valence-electron chi connectivity index (χ4n) is 2.58. The van der Waals surface area contributed by atoms with Gasteiger partial charge in [-0.25, -0.2) is 0 Å². The maximum Gasteiger partial charge on any atom is 0.243 e. The van der Waals surface area contributed by atoms with Crippen LogP contribution < -0.4 is 5.32 Å². The van der Waals surface area contributed by atoms with Gasteiger partial charge in [0.05, 0.1) is 12.1 Å². The molecule has 0 aromatic carbocycles. The highest BCUT2D eigenvalue weighted by Gasteiger charge is 2.36. The molecule has 2 N–H and O–H groups in total. The van der Waals surface area contributed by atoms with Crippen LogP contribution in [-0.4, -0.2) is 34.5 Å². The van der Waals surface area contributed by atoms with Crippen LogP contribution in [0.1, 0.15) is 57.8 Å². The Morgan fingerprint density at radius 2 is 2.16 bits per heavy atom. The molecule has 1 saturated heterocycles. The van der Waals surface area contributed by atoms with E-state index in [1.807, 2.05) is 6.92 Å². The van der Waals surface area contributed by atoms with E-state index < -0.39 is 5.60 Å². The molecule has 6 heteroatoms. The lowest BCUT2D eigenvalue weighted by Gasteiger charge is -2.27. The number of aliphatic hydroxyl groups excluding tert-OH is 1. The second kappa shape index (κ2) is 5.98. The normalized spacial score (nSPS) is 24.0. The van der Waals surface area contributed by atoms with Crippen molar-refractivity contribution in [1.82, 2.24) is 15.5 Å². The van der Waals surface area contributed by atoms with E-state index in [1.54, 1.807) is 0 Å². The molecule has 2 heterocycles. The number of aromatic nitrogens is 2. The Kier molecular flexibility index (Phi) is 4.54. The van der Waals surface area contributed by atoms with Crippen LogP contribution in [0.15, 0.2) is 4.52 Å². The van der Waals surface area contributed by atoms with Gasteiger partial charge in [-0.15, -0.1) is 0 Å². The zero-order chi connectivity index (χ0) is 13.9. The molecule has 0 amide bonds. The van der Waals surface area contributed by atoms with Gasteiger partial charge in [-0.2, -0.15) is 4.98 Å². The van der Waals surface area contributed by atoms with Crippen molar-refractivity contribution < 1.29 is 14.4 Å². The van der Waals surface area contributed by atoms with E-state index in [4.69, 9.17) is 9.26 Å². The van der Waals surface area contributed by atoms with Crippen molar-refractivity contribution >= 4 is 0 Å². The van der Waals surface area contributed by atoms with E-state index in [2.05, 4.69) is 29.3 Å². The Hall–Kier alpha value is -0.980. The lowest BCUT2D eigenvalue weighted by atomic mass is 9.96. The van der Waals surface area contributed by atoms with Gasteiger partial charge in [-0.3, -0.25) is 0 Å². The van der Waals surface area contributed by atoms with Crippen LogP contribution in [-0.2, 0) is 10.3 Å². The van der Waals surface area contributed by atoms with Crippen LogP contribution in [0, 0.1) is 0 Å². The van der Waals surface area contributed by atoms with Gasteiger partial charge in [0.1, 0.15) is 5.60 Å². The summed E-state index contributed by atoms with van der Waals surface area (Å²) < 4.78 is 11.2. The van der Waals surface area contributed by atoms with Gasteiger partial charge >= 0.3 is 0 Å². The molecule has 0 saturated carbocycles. The number of nitrogens with one attached hydrogen (secondary N) is 1. The highest BCUT2D eigenvalue weighted by Crippen LogP contribution is 2.32. The standard InChI is InChI=1S/C13H23N3O3/c1-4-13(5-2,18-6-3)12-15-11(19-16-12)10-7-9(17)8-14-10/h9-10,14,17H,4-8H2,1-3H3. The molecular weight excluding hydrogens is 246 g/mol. The summed E-state index contributed by atoms with van der Waals surface area (Å²) in [6, 6.07) is -0.0516. The molecule has 108 valence electrons. The fourth-order valence-corrected chi connectivity index (χ4v) is 2.58. The van der Waals surface area contributed by atoms with Gasteiger partial charge < -0.3 is 19.7 Å². The summed E-state index contributed by atoms with van der Waals surface area (Å²) in [5.41, 5.74) is -0.465. The maximum atomic E-state index is 9.53. The molecule has 1 fully saturated rings. The summed E-state index contributed by atoms with van der Waals surface area (Å²) in [6.45, 7) is 7.28. The van der Waals surface area contributed by atoms with E-state index in [0.29, 0.717) is 31.3 Å². The van der Waals surface area contributed by atoms with Crippen molar-refractivity contribution in [2.75, 3.05) is 13.2 Å². The molecule has 1 aliphatic rings. The molecule has 0 bridgehead atoms. The van der Waals surface area contributed by atoms with Gasteiger partial charge in [0.25, 0.3) is 0 Å². The lowest BCUT2D eigenvalue weighted by Crippen LogP contribution is -2.30. The van der Waals surface area contributed by atoms with Gasteiger partial charge in [0.15, 0.2) is 0 Å². The third-order valence-electron chi connectivity index (χ3n) is 3.82. The van der Waals surface area contributed by atoms with Crippen molar-refractivity contribution in [3.63, 3.8) is 0 Å². The molecule has 1 aromatic rings. The van der Waals surface area contributed by atoms with Gasteiger partial charge in [-0.1, -0.05) is 19.0 Å². The first-order valence-electron chi connectivity index (χ1n) is 7.04. The van der Waals surface area contributed by atoms with Gasteiger partial charge in [0, 0.05) is 13.2 Å². The molecule has 1 aromatic heterocycles. The second-order valence-electron chi connectivity index (χ2n) is 4.94. The van der Waals surface area contributed by atoms with Crippen molar-refractivity contribution in [3.05, 3.63) is 11.7 Å². The number of nitrogens with zero attached hydrogens (tertiary/aromatic N) is 2. The Bertz CT molecular complexity index is 404. The Balaban J connectivity index is 2.18. The van der Waals surface area contributed by atoms with E-state index in [0.717, 1.165) is 12.8 Å². The molecular formula is C13H23N3O3. The van der Waals surface area contributed by atoms with Crippen molar-refractivity contribution in [3.8, 4) is 0 Å². The molecule has 2 atom stereocenters. The monoisotopic (exact) mass is 269 g/mol. The fraction of sp³-hybridized carbons (Fsp3) is 0.846. The summed E-state index contributed by atoms with van der Waals surface area (Å²) in [5.74, 6) is 1.15. The number of rotatable bonds is 6. The molecule has 19 heavy (non-hydrogen) atoms. The molecule has 2 unspecified atom stereocenters. The van der Waals surface area contributed by atoms with E-state index in [-0.39, 0.29) is 12.1 Å². The molecule has 0 radical (unpaired) electrons. The van der Waals surface area contributed by atoms with Gasteiger partial charge in [-0.05, 0) is 26.2 Å². The lowest BCUT2D eigenvalue weighted by molar-refractivity contribution is -0.0583. The molecule has 2 rings (SSSR count). The predicted molar refractivity (Wildman–Crippen MR) is 69.6 cm³/mol. The number of aliphatic hydroxyl groups is 1. The maximum absolute atomic E-state index is 9.53. The highest BCUT2D eigenvalue weighted by atomic mass is 16.5. The van der Waals surface area contributed by atoms with Gasteiger partial charge in [0.2, 0.25) is 11.7 Å². The zero-order valence-corrected chi connectivity index (χ0v) is 11.8. The van der Waals surface area contributed by atoms with Crippen LogP contribution in [0.2, 0.25) is 0 Å². The Morgan fingerprint density at radius 3 is 2.68 bits per heavy atom. The Morgan fingerprint density at radius 1 is 1.42 bits per heavy atom. The average Bonchev–Trinajstić information content (AvgIpc) is 3.05. The molecule has 0 spiro atoms. The first kappa shape index (κ1) is 14.4. The summed E-state index contributed by atoms with van der Waals surface area (Å²) in [4.78, 5) is 4.48. The summed E-state index contributed by atoms with van der Waals surface area (Å²) in [5, 5.41) is 16.8. The van der Waals surface area contributed by atoms with Crippen molar-refractivity contribution in [2.45, 2.75) is 57.8 Å². The SMILES string of the molecule is CCOC(CC)(CC)c1noc(C2CC(O)CN2)n1. The molecule has 6 nitrogen and oxygen atoms in total. The second-order valence-corrected chi connectivity index (χ2v) is 4.94.